The van der Waals surface area contributed by atoms with Crippen LogP contribution in [0.3, 0.4) is 0 Å². The molecule has 0 heterocycles. The van der Waals surface area contributed by atoms with Gasteiger partial charge in [0.1, 0.15) is 5.75 Å². The maximum absolute atomic E-state index is 11.9. The SMILES string of the molecule is C=C(C(=O)O)c1cccc(OC(F)(F)F)c1. The predicted octanol–water partition coefficient (Wildman–Crippen LogP) is 2.68. The van der Waals surface area contributed by atoms with E-state index in [4.69, 9.17) is 5.11 Å². The Hall–Kier alpha value is -1.98. The molecule has 0 aliphatic rings. The third-order valence-electron chi connectivity index (χ3n) is 1.67. The minimum atomic E-state index is -4.80. The van der Waals surface area contributed by atoms with Crippen molar-refractivity contribution >= 4 is 11.5 Å². The minimum Gasteiger partial charge on any atom is -0.478 e. The normalized spacial score (nSPS) is 10.9. The maximum atomic E-state index is 11.9. The lowest BCUT2D eigenvalue weighted by Crippen LogP contribution is -2.17. The van der Waals surface area contributed by atoms with Gasteiger partial charge in [0.05, 0.1) is 5.57 Å². The Bertz CT molecular complexity index is 424. The summed E-state index contributed by atoms with van der Waals surface area (Å²) in [4.78, 5) is 10.5. The summed E-state index contributed by atoms with van der Waals surface area (Å²) in [5, 5.41) is 8.60. The van der Waals surface area contributed by atoms with Gasteiger partial charge in [-0.05, 0) is 17.7 Å². The van der Waals surface area contributed by atoms with Crippen LogP contribution in [0.1, 0.15) is 5.56 Å². The van der Waals surface area contributed by atoms with Gasteiger partial charge in [0.15, 0.2) is 0 Å². The largest absolute Gasteiger partial charge is 0.573 e. The van der Waals surface area contributed by atoms with E-state index in [2.05, 4.69) is 11.3 Å². The number of carboxylic acid groups (broad SMARTS) is 1. The van der Waals surface area contributed by atoms with E-state index in [1.807, 2.05) is 0 Å². The van der Waals surface area contributed by atoms with Crippen molar-refractivity contribution in [1.29, 1.82) is 0 Å². The highest BCUT2D eigenvalue weighted by atomic mass is 19.4. The third kappa shape index (κ3) is 3.30. The van der Waals surface area contributed by atoms with Crippen LogP contribution in [-0.2, 0) is 4.79 Å². The molecule has 1 aromatic carbocycles. The topological polar surface area (TPSA) is 46.5 Å². The van der Waals surface area contributed by atoms with Gasteiger partial charge in [0, 0.05) is 0 Å². The number of halogens is 3. The molecule has 0 saturated heterocycles. The molecule has 0 amide bonds. The second-order valence-electron chi connectivity index (χ2n) is 2.86. The van der Waals surface area contributed by atoms with Crippen molar-refractivity contribution in [1.82, 2.24) is 0 Å². The number of carbonyl (C=O) groups is 1. The summed E-state index contributed by atoms with van der Waals surface area (Å²) in [7, 11) is 0. The number of carboxylic acids is 1. The first-order chi connectivity index (χ1) is 7.29. The Kier molecular flexibility index (Phi) is 3.22. The maximum Gasteiger partial charge on any atom is 0.573 e. The van der Waals surface area contributed by atoms with Crippen LogP contribution in [-0.4, -0.2) is 17.4 Å². The molecule has 0 radical (unpaired) electrons. The fraction of sp³-hybridized carbons (Fsp3) is 0.100. The predicted molar refractivity (Wildman–Crippen MR) is 49.8 cm³/mol. The Morgan fingerprint density at radius 3 is 2.50 bits per heavy atom. The molecule has 0 aliphatic carbocycles. The van der Waals surface area contributed by atoms with Crippen LogP contribution in [0.2, 0.25) is 0 Å². The van der Waals surface area contributed by atoms with Crippen molar-refractivity contribution in [2.45, 2.75) is 6.36 Å². The monoisotopic (exact) mass is 232 g/mol. The van der Waals surface area contributed by atoms with Gasteiger partial charge in [-0.2, -0.15) is 0 Å². The quantitative estimate of drug-likeness (QED) is 0.815. The average Bonchev–Trinajstić information content (AvgIpc) is 2.14. The van der Waals surface area contributed by atoms with E-state index in [1.54, 1.807) is 0 Å². The number of aliphatic carboxylic acids is 1. The number of hydrogen-bond acceptors (Lipinski definition) is 2. The van der Waals surface area contributed by atoms with E-state index in [1.165, 1.54) is 12.1 Å². The fourth-order valence-corrected chi connectivity index (χ4v) is 1.00. The molecule has 0 unspecified atom stereocenters. The van der Waals surface area contributed by atoms with Crippen LogP contribution in [0, 0.1) is 0 Å². The van der Waals surface area contributed by atoms with Crippen molar-refractivity contribution in [3.8, 4) is 5.75 Å². The minimum absolute atomic E-state index is 0.0641. The highest BCUT2D eigenvalue weighted by Crippen LogP contribution is 2.25. The zero-order valence-electron chi connectivity index (χ0n) is 7.91. The van der Waals surface area contributed by atoms with Crippen molar-refractivity contribution < 1.29 is 27.8 Å². The van der Waals surface area contributed by atoms with Gasteiger partial charge in [-0.1, -0.05) is 18.7 Å². The molecule has 0 saturated carbocycles. The Labute approximate surface area is 88.8 Å². The Balaban J connectivity index is 2.96. The van der Waals surface area contributed by atoms with Crippen molar-refractivity contribution in [2.75, 3.05) is 0 Å². The number of rotatable bonds is 3. The number of alkyl halides is 3. The van der Waals surface area contributed by atoms with Gasteiger partial charge >= 0.3 is 12.3 Å². The van der Waals surface area contributed by atoms with Crippen LogP contribution >= 0.6 is 0 Å². The molecule has 1 aromatic rings. The molecule has 0 spiro atoms. The van der Waals surface area contributed by atoms with Crippen molar-refractivity contribution in [3.05, 3.63) is 36.4 Å². The molecule has 6 heteroatoms. The molecule has 1 rings (SSSR count). The Morgan fingerprint density at radius 1 is 1.38 bits per heavy atom. The molecule has 86 valence electrons. The second kappa shape index (κ2) is 4.26. The number of ether oxygens (including phenoxy) is 1. The number of benzene rings is 1. The molecule has 3 nitrogen and oxygen atoms in total. The summed E-state index contributed by atoms with van der Waals surface area (Å²) in [5.74, 6) is -1.78. The summed E-state index contributed by atoms with van der Waals surface area (Å²) >= 11 is 0. The summed E-state index contributed by atoms with van der Waals surface area (Å²) < 4.78 is 39.3. The van der Waals surface area contributed by atoms with Crippen LogP contribution in [0.5, 0.6) is 5.75 Å². The second-order valence-corrected chi connectivity index (χ2v) is 2.86. The molecule has 0 atom stereocenters. The number of hydrogen-bond donors (Lipinski definition) is 1. The van der Waals surface area contributed by atoms with Gasteiger partial charge < -0.3 is 9.84 Å². The first-order valence-corrected chi connectivity index (χ1v) is 4.08. The molecular formula is C10H7F3O3. The molecule has 1 N–H and O–H groups in total. The zero-order chi connectivity index (χ0) is 12.3. The van der Waals surface area contributed by atoms with Gasteiger partial charge in [-0.25, -0.2) is 4.79 Å². The van der Waals surface area contributed by atoms with E-state index in [-0.39, 0.29) is 11.1 Å². The van der Waals surface area contributed by atoms with Gasteiger partial charge in [-0.15, -0.1) is 13.2 Å². The first-order valence-electron chi connectivity index (χ1n) is 4.08. The summed E-state index contributed by atoms with van der Waals surface area (Å²) in [6.07, 6.45) is -4.80. The fourth-order valence-electron chi connectivity index (χ4n) is 1.00. The van der Waals surface area contributed by atoms with E-state index in [0.29, 0.717) is 0 Å². The average molecular weight is 232 g/mol. The van der Waals surface area contributed by atoms with Crippen molar-refractivity contribution in [3.63, 3.8) is 0 Å². The summed E-state index contributed by atoms with van der Waals surface area (Å²) in [6.45, 7) is 3.23. The van der Waals surface area contributed by atoms with Gasteiger partial charge in [0.25, 0.3) is 0 Å². The van der Waals surface area contributed by atoms with E-state index in [0.717, 1.165) is 12.1 Å². The summed E-state index contributed by atoms with van der Waals surface area (Å²) in [5.41, 5.74) is -0.234. The molecule has 0 aromatic heterocycles. The van der Waals surface area contributed by atoms with Gasteiger partial charge in [0.2, 0.25) is 0 Å². The van der Waals surface area contributed by atoms with Crippen LogP contribution in [0.4, 0.5) is 13.2 Å². The standard InChI is InChI=1S/C10H7F3O3/c1-6(9(14)15)7-3-2-4-8(5-7)16-10(11,12)13/h2-5H,1H2,(H,14,15). The lowest BCUT2D eigenvalue weighted by Gasteiger charge is -2.09. The molecule has 0 fully saturated rings. The molecular weight excluding hydrogens is 225 g/mol. The van der Waals surface area contributed by atoms with Crippen LogP contribution < -0.4 is 4.74 Å². The lowest BCUT2D eigenvalue weighted by molar-refractivity contribution is -0.274. The van der Waals surface area contributed by atoms with E-state index >= 15 is 0 Å². The molecule has 16 heavy (non-hydrogen) atoms. The molecule has 0 bridgehead atoms. The smallest absolute Gasteiger partial charge is 0.478 e. The highest BCUT2D eigenvalue weighted by molar-refractivity contribution is 6.14. The van der Waals surface area contributed by atoms with E-state index in [9.17, 15) is 18.0 Å². The van der Waals surface area contributed by atoms with Gasteiger partial charge in [-0.3, -0.25) is 0 Å². The lowest BCUT2D eigenvalue weighted by atomic mass is 10.1. The van der Waals surface area contributed by atoms with Crippen LogP contribution in [0.15, 0.2) is 30.8 Å². The Morgan fingerprint density at radius 2 is 2.00 bits per heavy atom. The van der Waals surface area contributed by atoms with Crippen LogP contribution in [0.25, 0.3) is 5.57 Å². The molecule has 0 aliphatic heterocycles. The highest BCUT2D eigenvalue weighted by Gasteiger charge is 2.31. The summed E-state index contributed by atoms with van der Waals surface area (Å²) in [6, 6.07) is 4.63. The third-order valence-corrected chi connectivity index (χ3v) is 1.67. The zero-order valence-corrected chi connectivity index (χ0v) is 7.91. The van der Waals surface area contributed by atoms with E-state index < -0.39 is 18.1 Å². The van der Waals surface area contributed by atoms with Crippen molar-refractivity contribution in [2.24, 2.45) is 0 Å². The first kappa shape index (κ1) is 12.1.